The molecule has 2 rings (SSSR count). The lowest BCUT2D eigenvalue weighted by Crippen LogP contribution is -2.36. The first kappa shape index (κ1) is 13.1. The van der Waals surface area contributed by atoms with E-state index in [-0.39, 0.29) is 5.54 Å². The molecule has 3 nitrogen and oxygen atoms in total. The van der Waals surface area contributed by atoms with Gasteiger partial charge in [-0.15, -0.1) is 11.3 Å². The SMILES string of the molecule is CCC(CC)(CC)Nc1ccc2scnc2c1N. The molecule has 0 atom stereocenters. The Kier molecular flexibility index (Phi) is 3.76. The third-order valence-electron chi connectivity index (χ3n) is 3.97. The van der Waals surface area contributed by atoms with Crippen LogP contribution >= 0.6 is 11.3 Å². The van der Waals surface area contributed by atoms with Crippen LogP contribution in [-0.2, 0) is 0 Å². The zero-order valence-corrected chi connectivity index (χ0v) is 12.1. The number of benzene rings is 1. The predicted octanol–water partition coefficient (Wildman–Crippen LogP) is 4.26. The first-order chi connectivity index (χ1) is 8.65. The Hall–Kier alpha value is -1.29. The Bertz CT molecular complexity index is 521. The van der Waals surface area contributed by atoms with Gasteiger partial charge < -0.3 is 11.1 Å². The summed E-state index contributed by atoms with van der Waals surface area (Å²) in [6, 6.07) is 4.17. The average molecular weight is 263 g/mol. The summed E-state index contributed by atoms with van der Waals surface area (Å²) >= 11 is 1.63. The Morgan fingerprint density at radius 2 is 1.89 bits per heavy atom. The van der Waals surface area contributed by atoms with Gasteiger partial charge in [0, 0.05) is 5.54 Å². The number of hydrogen-bond donors (Lipinski definition) is 2. The number of thiazole rings is 1. The van der Waals surface area contributed by atoms with E-state index in [2.05, 4.69) is 43.2 Å². The number of anilines is 2. The van der Waals surface area contributed by atoms with Crippen LogP contribution in [0.2, 0.25) is 0 Å². The van der Waals surface area contributed by atoms with Crippen molar-refractivity contribution in [3.8, 4) is 0 Å². The molecule has 1 aromatic heterocycles. The maximum Gasteiger partial charge on any atom is 0.106 e. The molecule has 1 heterocycles. The van der Waals surface area contributed by atoms with Crippen molar-refractivity contribution >= 4 is 32.9 Å². The van der Waals surface area contributed by atoms with E-state index in [1.807, 2.05) is 5.51 Å². The van der Waals surface area contributed by atoms with Crippen molar-refractivity contribution in [2.45, 2.75) is 45.6 Å². The van der Waals surface area contributed by atoms with E-state index < -0.39 is 0 Å². The third-order valence-corrected chi connectivity index (χ3v) is 4.77. The second-order valence-corrected chi connectivity index (χ2v) is 5.58. The van der Waals surface area contributed by atoms with Gasteiger partial charge in [0.2, 0.25) is 0 Å². The molecule has 2 aromatic rings. The third kappa shape index (κ3) is 2.17. The van der Waals surface area contributed by atoms with Gasteiger partial charge in [-0.25, -0.2) is 4.98 Å². The minimum atomic E-state index is 0.137. The highest BCUT2D eigenvalue weighted by Crippen LogP contribution is 2.34. The number of rotatable bonds is 5. The van der Waals surface area contributed by atoms with Gasteiger partial charge in [0.05, 0.1) is 21.6 Å². The second-order valence-electron chi connectivity index (χ2n) is 4.69. The first-order valence-corrected chi connectivity index (χ1v) is 7.43. The summed E-state index contributed by atoms with van der Waals surface area (Å²) in [6.07, 6.45) is 3.28. The quantitative estimate of drug-likeness (QED) is 0.792. The van der Waals surface area contributed by atoms with Crippen molar-refractivity contribution < 1.29 is 0 Å². The van der Waals surface area contributed by atoms with E-state index in [1.54, 1.807) is 11.3 Å². The minimum absolute atomic E-state index is 0.137. The van der Waals surface area contributed by atoms with Crippen LogP contribution in [0.4, 0.5) is 11.4 Å². The molecule has 0 amide bonds. The molecule has 0 aliphatic carbocycles. The van der Waals surface area contributed by atoms with Gasteiger partial charge >= 0.3 is 0 Å². The van der Waals surface area contributed by atoms with Crippen LogP contribution in [0.15, 0.2) is 17.6 Å². The van der Waals surface area contributed by atoms with Crippen molar-refractivity contribution in [1.82, 2.24) is 4.98 Å². The lowest BCUT2D eigenvalue weighted by atomic mass is 9.89. The van der Waals surface area contributed by atoms with Gasteiger partial charge in [0.1, 0.15) is 5.52 Å². The average Bonchev–Trinajstić information content (AvgIpc) is 2.88. The molecule has 0 fully saturated rings. The number of aromatic nitrogens is 1. The van der Waals surface area contributed by atoms with Crippen molar-refractivity contribution in [2.24, 2.45) is 0 Å². The maximum atomic E-state index is 6.22. The van der Waals surface area contributed by atoms with Crippen LogP contribution in [-0.4, -0.2) is 10.5 Å². The van der Waals surface area contributed by atoms with E-state index in [9.17, 15) is 0 Å². The summed E-state index contributed by atoms with van der Waals surface area (Å²) in [5.41, 5.74) is 10.9. The molecule has 0 radical (unpaired) electrons. The van der Waals surface area contributed by atoms with Crippen molar-refractivity contribution in [3.05, 3.63) is 17.6 Å². The van der Waals surface area contributed by atoms with Crippen LogP contribution in [0, 0.1) is 0 Å². The Morgan fingerprint density at radius 1 is 1.22 bits per heavy atom. The van der Waals surface area contributed by atoms with Crippen LogP contribution in [0.5, 0.6) is 0 Å². The van der Waals surface area contributed by atoms with Crippen molar-refractivity contribution in [1.29, 1.82) is 0 Å². The zero-order chi connectivity index (χ0) is 13.2. The minimum Gasteiger partial charge on any atom is -0.395 e. The van der Waals surface area contributed by atoms with E-state index >= 15 is 0 Å². The molecule has 0 aliphatic heterocycles. The second kappa shape index (κ2) is 5.14. The zero-order valence-electron chi connectivity index (χ0n) is 11.3. The maximum absolute atomic E-state index is 6.22. The van der Waals surface area contributed by atoms with Gasteiger partial charge in [0.25, 0.3) is 0 Å². The molecule has 1 aromatic carbocycles. The molecule has 0 aliphatic rings. The van der Waals surface area contributed by atoms with E-state index in [1.165, 1.54) is 0 Å². The van der Waals surface area contributed by atoms with Crippen LogP contribution < -0.4 is 11.1 Å². The molecule has 0 spiro atoms. The van der Waals surface area contributed by atoms with Gasteiger partial charge in [-0.05, 0) is 31.4 Å². The van der Waals surface area contributed by atoms with E-state index in [4.69, 9.17) is 5.73 Å². The summed E-state index contributed by atoms with van der Waals surface area (Å²) in [5.74, 6) is 0. The molecule has 18 heavy (non-hydrogen) atoms. The Morgan fingerprint density at radius 3 is 2.50 bits per heavy atom. The van der Waals surface area contributed by atoms with E-state index in [0.29, 0.717) is 0 Å². The highest BCUT2D eigenvalue weighted by molar-refractivity contribution is 7.16. The molecular formula is C14H21N3S. The smallest absolute Gasteiger partial charge is 0.106 e. The normalized spacial score (nSPS) is 11.9. The van der Waals surface area contributed by atoms with Crippen LogP contribution in [0.3, 0.4) is 0 Å². The van der Waals surface area contributed by atoms with Crippen LogP contribution in [0.25, 0.3) is 10.2 Å². The fourth-order valence-electron chi connectivity index (χ4n) is 2.36. The number of nitrogens with zero attached hydrogens (tertiary/aromatic N) is 1. The molecule has 0 bridgehead atoms. The number of nitrogen functional groups attached to an aromatic ring is 1. The lowest BCUT2D eigenvalue weighted by molar-refractivity contribution is 0.420. The van der Waals surface area contributed by atoms with Crippen molar-refractivity contribution in [3.63, 3.8) is 0 Å². The molecule has 0 saturated carbocycles. The van der Waals surface area contributed by atoms with E-state index in [0.717, 1.165) is 40.9 Å². The summed E-state index contributed by atoms with van der Waals surface area (Å²) < 4.78 is 1.15. The lowest BCUT2D eigenvalue weighted by Gasteiger charge is -2.33. The molecule has 3 N–H and O–H groups in total. The highest BCUT2D eigenvalue weighted by Gasteiger charge is 2.24. The summed E-state index contributed by atoms with van der Waals surface area (Å²) in [7, 11) is 0. The molecule has 4 heteroatoms. The standard InChI is InChI=1S/C14H21N3S/c1-4-14(5-2,6-3)17-10-7-8-11-13(12(10)15)16-9-18-11/h7-9,17H,4-6,15H2,1-3H3. The number of nitrogens with two attached hydrogens (primary N) is 1. The molecule has 0 saturated heterocycles. The summed E-state index contributed by atoms with van der Waals surface area (Å²) in [4.78, 5) is 4.34. The topological polar surface area (TPSA) is 50.9 Å². The number of fused-ring (bicyclic) bond motifs is 1. The summed E-state index contributed by atoms with van der Waals surface area (Å²) in [5, 5.41) is 3.63. The van der Waals surface area contributed by atoms with Gasteiger partial charge in [-0.3, -0.25) is 0 Å². The van der Waals surface area contributed by atoms with Crippen molar-refractivity contribution in [2.75, 3.05) is 11.1 Å². The molecular weight excluding hydrogens is 242 g/mol. The van der Waals surface area contributed by atoms with Crippen LogP contribution in [0.1, 0.15) is 40.0 Å². The fraction of sp³-hybridized carbons (Fsp3) is 0.500. The molecule has 0 unspecified atom stereocenters. The highest BCUT2D eigenvalue weighted by atomic mass is 32.1. The Balaban J connectivity index is 2.39. The summed E-state index contributed by atoms with van der Waals surface area (Å²) in [6.45, 7) is 6.66. The fourth-order valence-corrected chi connectivity index (χ4v) is 3.05. The predicted molar refractivity (Wildman–Crippen MR) is 81.3 cm³/mol. The van der Waals surface area contributed by atoms with Gasteiger partial charge in [0.15, 0.2) is 0 Å². The Labute approximate surface area is 112 Å². The number of nitrogens with one attached hydrogen (secondary N) is 1. The number of hydrogen-bond acceptors (Lipinski definition) is 4. The van der Waals surface area contributed by atoms with Gasteiger partial charge in [-0.2, -0.15) is 0 Å². The molecule has 98 valence electrons. The largest absolute Gasteiger partial charge is 0.395 e. The first-order valence-electron chi connectivity index (χ1n) is 6.55. The van der Waals surface area contributed by atoms with Gasteiger partial charge in [-0.1, -0.05) is 20.8 Å². The monoisotopic (exact) mass is 263 g/mol.